The van der Waals surface area contributed by atoms with E-state index >= 15 is 0 Å². The summed E-state index contributed by atoms with van der Waals surface area (Å²) < 4.78 is 0. The molecule has 7 aromatic carbocycles. The first-order valence-corrected chi connectivity index (χ1v) is 15.9. The quantitative estimate of drug-likeness (QED) is 0.188. The lowest BCUT2D eigenvalue weighted by molar-refractivity contribution is 0.661. The minimum absolute atomic E-state index is 0.145. The van der Waals surface area contributed by atoms with Crippen molar-refractivity contribution in [1.82, 2.24) is 9.97 Å². The molecular formula is C43H29N3. The fourth-order valence-corrected chi connectivity index (χ4v) is 8.08. The van der Waals surface area contributed by atoms with Gasteiger partial charge in [-0.15, -0.1) is 0 Å². The molecule has 3 heteroatoms. The standard InChI is InChI=1S/C43H29N3/c1-43(2)33-21-10-8-18-31(33)38-32-20-12-19-30-29-17-9-11-22-36(29)46(37(39(30)32)25-34(38)43)42-44-35-24-23-26-13-6-7-16-28(26)40(35)41(45-42)27-14-4-3-5-15-27/h3-25H,1-2H3. The molecule has 0 saturated heterocycles. The number of anilines is 3. The van der Waals surface area contributed by atoms with Crippen LogP contribution in [0, 0.1) is 0 Å². The third-order valence-corrected chi connectivity index (χ3v) is 10.2. The summed E-state index contributed by atoms with van der Waals surface area (Å²) in [6.07, 6.45) is 0. The van der Waals surface area contributed by atoms with Crippen molar-refractivity contribution in [3.05, 3.63) is 151 Å². The van der Waals surface area contributed by atoms with Crippen LogP contribution >= 0.6 is 0 Å². The average Bonchev–Trinajstić information content (AvgIpc) is 3.34. The average molecular weight is 588 g/mol. The lowest BCUT2D eigenvalue weighted by atomic mass is 9.80. The predicted octanol–water partition coefficient (Wildman–Crippen LogP) is 11.4. The van der Waals surface area contributed by atoms with Crippen molar-refractivity contribution < 1.29 is 0 Å². The maximum Gasteiger partial charge on any atom is 0.235 e. The van der Waals surface area contributed by atoms with Gasteiger partial charge in [0, 0.05) is 27.3 Å². The normalized spacial score (nSPS) is 14.0. The number of rotatable bonds is 2. The molecule has 2 aliphatic rings. The lowest BCUT2D eigenvalue weighted by Crippen LogP contribution is -2.20. The highest BCUT2D eigenvalue weighted by molar-refractivity contribution is 6.19. The Labute approximate surface area is 267 Å². The van der Waals surface area contributed by atoms with Gasteiger partial charge >= 0.3 is 0 Å². The Balaban J connectivity index is 1.34. The van der Waals surface area contributed by atoms with E-state index in [2.05, 4.69) is 158 Å². The van der Waals surface area contributed by atoms with Gasteiger partial charge in [0.05, 0.1) is 22.6 Å². The van der Waals surface area contributed by atoms with Crippen LogP contribution in [0.5, 0.6) is 0 Å². The maximum atomic E-state index is 5.49. The highest BCUT2D eigenvalue weighted by Crippen LogP contribution is 2.58. The number of hydrogen-bond donors (Lipinski definition) is 0. The summed E-state index contributed by atoms with van der Waals surface area (Å²) in [5, 5.41) is 5.94. The Morgan fingerprint density at radius 3 is 2.13 bits per heavy atom. The smallest absolute Gasteiger partial charge is 0.235 e. The first-order chi connectivity index (χ1) is 22.6. The second-order valence-electron chi connectivity index (χ2n) is 13.0. The van der Waals surface area contributed by atoms with Gasteiger partial charge in [-0.3, -0.25) is 4.90 Å². The number of fused-ring (bicyclic) bond motifs is 9. The van der Waals surface area contributed by atoms with Gasteiger partial charge in [0.1, 0.15) is 0 Å². The van der Waals surface area contributed by atoms with E-state index < -0.39 is 0 Å². The van der Waals surface area contributed by atoms with Gasteiger partial charge in [-0.1, -0.05) is 135 Å². The van der Waals surface area contributed by atoms with Crippen LogP contribution in [0.2, 0.25) is 0 Å². The molecule has 8 aromatic rings. The van der Waals surface area contributed by atoms with Crippen LogP contribution in [0.25, 0.3) is 66.0 Å². The van der Waals surface area contributed by atoms with Crippen molar-refractivity contribution in [2.45, 2.75) is 19.3 Å². The van der Waals surface area contributed by atoms with Crippen molar-refractivity contribution in [2.24, 2.45) is 0 Å². The number of benzene rings is 7. The van der Waals surface area contributed by atoms with Gasteiger partial charge < -0.3 is 0 Å². The van der Waals surface area contributed by atoms with Crippen LogP contribution in [-0.2, 0) is 5.41 Å². The van der Waals surface area contributed by atoms with Crippen LogP contribution in [0.4, 0.5) is 17.3 Å². The van der Waals surface area contributed by atoms with Gasteiger partial charge in [0.2, 0.25) is 5.95 Å². The van der Waals surface area contributed by atoms with Gasteiger partial charge in [0.15, 0.2) is 0 Å². The first kappa shape index (κ1) is 25.5. The minimum atomic E-state index is -0.145. The van der Waals surface area contributed by atoms with Crippen molar-refractivity contribution in [3.8, 4) is 33.5 Å². The van der Waals surface area contributed by atoms with E-state index in [1.807, 2.05) is 0 Å². The van der Waals surface area contributed by atoms with E-state index in [-0.39, 0.29) is 5.41 Å². The highest BCUT2D eigenvalue weighted by atomic mass is 15.3. The zero-order chi connectivity index (χ0) is 30.6. The van der Waals surface area contributed by atoms with Crippen LogP contribution < -0.4 is 4.90 Å². The van der Waals surface area contributed by atoms with Crippen molar-refractivity contribution >= 4 is 49.8 Å². The molecule has 3 nitrogen and oxygen atoms in total. The molecule has 0 N–H and O–H groups in total. The summed E-state index contributed by atoms with van der Waals surface area (Å²) in [4.78, 5) is 13.2. The van der Waals surface area contributed by atoms with Gasteiger partial charge in [0.25, 0.3) is 0 Å². The lowest BCUT2D eigenvalue weighted by Gasteiger charge is -2.34. The molecule has 216 valence electrons. The number of nitrogens with zero attached hydrogens (tertiary/aromatic N) is 3. The van der Waals surface area contributed by atoms with Crippen LogP contribution in [0.15, 0.2) is 140 Å². The Bertz CT molecular complexity index is 2560. The number of para-hydroxylation sites is 1. The molecule has 0 bridgehead atoms. The molecule has 10 rings (SSSR count). The fourth-order valence-electron chi connectivity index (χ4n) is 8.08. The summed E-state index contributed by atoms with van der Waals surface area (Å²) in [5.74, 6) is 0.679. The minimum Gasteiger partial charge on any atom is -0.278 e. The number of aromatic nitrogens is 2. The van der Waals surface area contributed by atoms with E-state index in [1.165, 1.54) is 49.5 Å². The SMILES string of the molecule is CC1(C)c2ccccc2-c2c1cc1c3c(cccc23)-c2ccccc2N1c1nc(-c2ccccc2)c2c(ccc3ccccc32)n1. The Kier molecular flexibility index (Phi) is 5.06. The monoisotopic (exact) mass is 587 g/mol. The topological polar surface area (TPSA) is 29.0 Å². The molecule has 0 atom stereocenters. The molecule has 0 unspecified atom stereocenters. The predicted molar refractivity (Wildman–Crippen MR) is 191 cm³/mol. The molecule has 0 spiro atoms. The largest absolute Gasteiger partial charge is 0.278 e. The summed E-state index contributed by atoms with van der Waals surface area (Å²) in [6, 6.07) is 50.2. The second-order valence-corrected chi connectivity index (χ2v) is 13.0. The molecule has 0 fully saturated rings. The van der Waals surface area contributed by atoms with Crippen LogP contribution in [0.3, 0.4) is 0 Å². The molecular weight excluding hydrogens is 558 g/mol. The zero-order valence-electron chi connectivity index (χ0n) is 25.6. The molecule has 0 saturated carbocycles. The Hall–Kier alpha value is -5.80. The summed E-state index contributed by atoms with van der Waals surface area (Å²) in [6.45, 7) is 4.71. The molecule has 2 heterocycles. The second kappa shape index (κ2) is 9.12. The molecule has 1 aromatic heterocycles. The summed E-state index contributed by atoms with van der Waals surface area (Å²) in [7, 11) is 0. The van der Waals surface area contributed by atoms with E-state index in [1.54, 1.807) is 0 Å². The fraction of sp³-hybridized carbons (Fsp3) is 0.0698. The van der Waals surface area contributed by atoms with Crippen LogP contribution in [-0.4, -0.2) is 9.97 Å². The zero-order valence-corrected chi connectivity index (χ0v) is 25.6. The molecule has 46 heavy (non-hydrogen) atoms. The van der Waals surface area contributed by atoms with Gasteiger partial charge in [-0.05, 0) is 62.2 Å². The Morgan fingerprint density at radius 1 is 0.522 bits per heavy atom. The van der Waals surface area contributed by atoms with E-state index in [4.69, 9.17) is 9.97 Å². The van der Waals surface area contributed by atoms with E-state index in [0.717, 1.165) is 38.9 Å². The van der Waals surface area contributed by atoms with Gasteiger partial charge in [-0.2, -0.15) is 0 Å². The molecule has 0 radical (unpaired) electrons. The summed E-state index contributed by atoms with van der Waals surface area (Å²) in [5.41, 5.74) is 12.9. The van der Waals surface area contributed by atoms with Gasteiger partial charge in [-0.25, -0.2) is 9.97 Å². The van der Waals surface area contributed by atoms with Crippen molar-refractivity contribution in [2.75, 3.05) is 4.90 Å². The summed E-state index contributed by atoms with van der Waals surface area (Å²) >= 11 is 0. The van der Waals surface area contributed by atoms with E-state index in [0.29, 0.717) is 5.95 Å². The Morgan fingerprint density at radius 2 is 1.24 bits per heavy atom. The highest BCUT2D eigenvalue weighted by Gasteiger charge is 2.39. The van der Waals surface area contributed by atoms with Crippen molar-refractivity contribution in [1.29, 1.82) is 0 Å². The first-order valence-electron chi connectivity index (χ1n) is 15.9. The number of hydrogen-bond acceptors (Lipinski definition) is 3. The molecule has 1 aliphatic heterocycles. The van der Waals surface area contributed by atoms with Crippen LogP contribution in [0.1, 0.15) is 25.0 Å². The third kappa shape index (κ3) is 3.32. The third-order valence-electron chi connectivity index (χ3n) is 10.2. The molecule has 1 aliphatic carbocycles. The maximum absolute atomic E-state index is 5.49. The van der Waals surface area contributed by atoms with E-state index in [9.17, 15) is 0 Å². The molecule has 0 amide bonds. The van der Waals surface area contributed by atoms with Crippen molar-refractivity contribution in [3.63, 3.8) is 0 Å².